The molecule has 0 N–H and O–H groups in total. The number of hydrogen-bond donors (Lipinski definition) is 0. The van der Waals surface area contributed by atoms with E-state index in [9.17, 15) is 9.59 Å². The van der Waals surface area contributed by atoms with Gasteiger partial charge in [0.1, 0.15) is 6.61 Å². The molecule has 0 aliphatic carbocycles. The molecule has 1 saturated heterocycles. The molecule has 0 saturated carbocycles. The largest absolute Gasteiger partial charge is 0.448 e. The molecule has 96 valence electrons. The van der Waals surface area contributed by atoms with Gasteiger partial charge < -0.3 is 4.74 Å². The van der Waals surface area contributed by atoms with Crippen LogP contribution >= 0.6 is 0 Å². The fourth-order valence-corrected chi connectivity index (χ4v) is 1.90. The number of ketones is 1. The molecule has 1 aliphatic rings. The van der Waals surface area contributed by atoms with E-state index >= 15 is 0 Å². The van der Waals surface area contributed by atoms with E-state index in [1.807, 2.05) is 31.2 Å². The highest BCUT2D eigenvalue weighted by Gasteiger charge is 2.23. The summed E-state index contributed by atoms with van der Waals surface area (Å²) < 4.78 is 4.78. The van der Waals surface area contributed by atoms with Crippen molar-refractivity contribution in [1.82, 2.24) is 4.90 Å². The second kappa shape index (κ2) is 5.67. The van der Waals surface area contributed by atoms with Crippen molar-refractivity contribution in [2.45, 2.75) is 19.8 Å². The highest BCUT2D eigenvalue weighted by atomic mass is 16.6. The Morgan fingerprint density at radius 2 is 2.06 bits per heavy atom. The molecule has 1 amide bonds. The number of cyclic esters (lactones) is 1. The molecule has 1 heterocycles. The Hall–Kier alpha value is -1.84. The molecule has 4 heteroatoms. The number of carbonyl (C=O) groups excluding carboxylic acids is 2. The van der Waals surface area contributed by atoms with E-state index < -0.39 is 0 Å². The van der Waals surface area contributed by atoms with E-state index in [1.165, 1.54) is 10.5 Å². The lowest BCUT2D eigenvalue weighted by Gasteiger charge is -2.11. The number of hydrogen-bond acceptors (Lipinski definition) is 3. The van der Waals surface area contributed by atoms with Gasteiger partial charge in [0.15, 0.2) is 5.78 Å². The van der Waals surface area contributed by atoms with Crippen LogP contribution < -0.4 is 0 Å². The van der Waals surface area contributed by atoms with E-state index in [0.29, 0.717) is 19.6 Å². The summed E-state index contributed by atoms with van der Waals surface area (Å²) in [5.74, 6) is 0.0782. The molecule has 0 radical (unpaired) electrons. The minimum absolute atomic E-state index is 0.0782. The zero-order chi connectivity index (χ0) is 13.0. The fraction of sp³-hybridized carbons (Fsp3) is 0.429. The van der Waals surface area contributed by atoms with Crippen LogP contribution in [0.5, 0.6) is 0 Å². The van der Waals surface area contributed by atoms with Gasteiger partial charge in [0.25, 0.3) is 0 Å². The summed E-state index contributed by atoms with van der Waals surface area (Å²) in [4.78, 5) is 24.4. The Morgan fingerprint density at radius 3 is 2.67 bits per heavy atom. The summed E-state index contributed by atoms with van der Waals surface area (Å²) in [7, 11) is 0. The molecule has 0 atom stereocenters. The maximum Gasteiger partial charge on any atom is 0.410 e. The molecule has 18 heavy (non-hydrogen) atoms. The predicted octanol–water partition coefficient (Wildman–Crippen LogP) is 1.95. The number of Topliss-reactive ketones (excluding diaryl/α,β-unsaturated/α-hetero) is 1. The normalized spacial score (nSPS) is 14.7. The van der Waals surface area contributed by atoms with Gasteiger partial charge in [-0.3, -0.25) is 9.69 Å². The van der Waals surface area contributed by atoms with Crippen molar-refractivity contribution >= 4 is 11.9 Å². The Kier molecular flexibility index (Phi) is 3.97. The average Bonchev–Trinajstić information content (AvgIpc) is 2.74. The van der Waals surface area contributed by atoms with Crippen LogP contribution in [-0.4, -0.2) is 36.5 Å². The highest BCUT2D eigenvalue weighted by Crippen LogP contribution is 2.08. The van der Waals surface area contributed by atoms with E-state index in [1.54, 1.807) is 0 Å². The maximum atomic E-state index is 11.7. The fourth-order valence-electron chi connectivity index (χ4n) is 1.90. The molecule has 2 rings (SSSR count). The van der Waals surface area contributed by atoms with Crippen molar-refractivity contribution in [3.8, 4) is 0 Å². The molecule has 4 nitrogen and oxygen atoms in total. The van der Waals surface area contributed by atoms with Crippen LogP contribution in [0.2, 0.25) is 0 Å². The summed E-state index contributed by atoms with van der Waals surface area (Å²) >= 11 is 0. The van der Waals surface area contributed by atoms with Crippen LogP contribution in [0.4, 0.5) is 4.79 Å². The van der Waals surface area contributed by atoms with Gasteiger partial charge in [-0.25, -0.2) is 4.79 Å². The minimum atomic E-state index is -0.376. The molecular weight excluding hydrogens is 230 g/mol. The molecule has 0 spiro atoms. The first-order valence-electron chi connectivity index (χ1n) is 6.14. The van der Waals surface area contributed by atoms with Gasteiger partial charge in [-0.2, -0.15) is 0 Å². The number of ether oxygens (including phenoxy) is 1. The molecule has 1 aromatic rings. The van der Waals surface area contributed by atoms with Gasteiger partial charge in [-0.1, -0.05) is 29.8 Å². The van der Waals surface area contributed by atoms with Crippen molar-refractivity contribution in [3.63, 3.8) is 0 Å². The van der Waals surface area contributed by atoms with Crippen LogP contribution in [0.15, 0.2) is 24.3 Å². The van der Waals surface area contributed by atoms with Crippen LogP contribution in [0, 0.1) is 6.92 Å². The second-order valence-electron chi connectivity index (χ2n) is 4.56. The van der Waals surface area contributed by atoms with Gasteiger partial charge in [-0.05, 0) is 18.9 Å². The van der Waals surface area contributed by atoms with E-state index in [0.717, 1.165) is 12.0 Å². The Labute approximate surface area is 107 Å². The van der Waals surface area contributed by atoms with Crippen molar-refractivity contribution in [2.75, 3.05) is 19.7 Å². The summed E-state index contributed by atoms with van der Waals surface area (Å²) in [6.45, 7) is 3.12. The average molecular weight is 247 g/mol. The van der Waals surface area contributed by atoms with Crippen LogP contribution in [0.3, 0.4) is 0 Å². The van der Waals surface area contributed by atoms with Crippen molar-refractivity contribution in [1.29, 1.82) is 0 Å². The Bertz CT molecular complexity index is 439. The lowest BCUT2D eigenvalue weighted by atomic mass is 10.1. The molecule has 0 unspecified atom stereocenters. The van der Waals surface area contributed by atoms with Crippen molar-refractivity contribution in [2.24, 2.45) is 0 Å². The zero-order valence-electron chi connectivity index (χ0n) is 10.5. The Morgan fingerprint density at radius 1 is 1.33 bits per heavy atom. The molecule has 1 aromatic carbocycles. The lowest BCUT2D eigenvalue weighted by Crippen LogP contribution is -2.30. The SMILES string of the molecule is Cc1ccc(CCC(=O)CN2CCOC2=O)cc1. The van der Waals surface area contributed by atoms with Gasteiger partial charge in [0.05, 0.1) is 13.1 Å². The maximum absolute atomic E-state index is 11.7. The van der Waals surface area contributed by atoms with Gasteiger partial charge in [0, 0.05) is 6.42 Å². The minimum Gasteiger partial charge on any atom is -0.448 e. The van der Waals surface area contributed by atoms with E-state index in [-0.39, 0.29) is 18.4 Å². The van der Waals surface area contributed by atoms with Gasteiger partial charge in [-0.15, -0.1) is 0 Å². The first-order chi connectivity index (χ1) is 8.65. The first kappa shape index (κ1) is 12.6. The molecular formula is C14H17NO3. The first-order valence-corrected chi connectivity index (χ1v) is 6.14. The van der Waals surface area contributed by atoms with Crippen LogP contribution in [0.1, 0.15) is 17.5 Å². The highest BCUT2D eigenvalue weighted by molar-refractivity contribution is 5.84. The smallest absolute Gasteiger partial charge is 0.410 e. The number of rotatable bonds is 5. The van der Waals surface area contributed by atoms with E-state index in [4.69, 9.17) is 4.74 Å². The number of carbonyl (C=O) groups is 2. The number of amides is 1. The third-order valence-electron chi connectivity index (χ3n) is 3.03. The number of nitrogens with zero attached hydrogens (tertiary/aromatic N) is 1. The summed E-state index contributed by atoms with van der Waals surface area (Å²) in [5.41, 5.74) is 2.36. The van der Waals surface area contributed by atoms with Gasteiger partial charge >= 0.3 is 6.09 Å². The Balaban J connectivity index is 1.78. The van der Waals surface area contributed by atoms with Crippen molar-refractivity contribution < 1.29 is 14.3 Å². The standard InChI is InChI=1S/C14H17NO3/c1-11-2-4-12(5-3-11)6-7-13(16)10-15-8-9-18-14(15)17/h2-5H,6-10H2,1H3. The molecule has 1 fully saturated rings. The predicted molar refractivity (Wildman–Crippen MR) is 67.4 cm³/mol. The molecule has 0 aromatic heterocycles. The van der Waals surface area contributed by atoms with Crippen LogP contribution in [0.25, 0.3) is 0 Å². The van der Waals surface area contributed by atoms with Gasteiger partial charge in [0.2, 0.25) is 0 Å². The molecule has 1 aliphatic heterocycles. The second-order valence-corrected chi connectivity index (χ2v) is 4.56. The monoisotopic (exact) mass is 247 g/mol. The van der Waals surface area contributed by atoms with Crippen molar-refractivity contribution in [3.05, 3.63) is 35.4 Å². The summed E-state index contributed by atoms with van der Waals surface area (Å²) in [6.07, 6.45) is 0.813. The third-order valence-corrected chi connectivity index (χ3v) is 3.03. The lowest BCUT2D eigenvalue weighted by molar-refractivity contribution is -0.119. The van der Waals surface area contributed by atoms with Crippen LogP contribution in [-0.2, 0) is 16.0 Å². The summed E-state index contributed by atoms with van der Waals surface area (Å²) in [6, 6.07) is 8.15. The number of aryl methyl sites for hydroxylation is 2. The summed E-state index contributed by atoms with van der Waals surface area (Å²) in [5, 5.41) is 0. The quantitative estimate of drug-likeness (QED) is 0.799. The zero-order valence-corrected chi connectivity index (χ0v) is 10.5. The number of benzene rings is 1. The third kappa shape index (κ3) is 3.32. The van der Waals surface area contributed by atoms with E-state index in [2.05, 4.69) is 0 Å². The molecule has 0 bridgehead atoms. The topological polar surface area (TPSA) is 46.6 Å².